The maximum atomic E-state index is 11.2. The van der Waals surface area contributed by atoms with Crippen molar-refractivity contribution in [2.75, 3.05) is 13.7 Å². The summed E-state index contributed by atoms with van der Waals surface area (Å²) >= 11 is 6.10. The van der Waals surface area contributed by atoms with Crippen molar-refractivity contribution in [1.29, 1.82) is 0 Å². The van der Waals surface area contributed by atoms with Crippen molar-refractivity contribution < 1.29 is 9.53 Å². The molecule has 0 radical (unpaired) electrons. The van der Waals surface area contributed by atoms with E-state index in [4.69, 9.17) is 11.6 Å². The molecule has 0 saturated carbocycles. The van der Waals surface area contributed by atoms with Gasteiger partial charge in [-0.25, -0.2) is 4.79 Å². The van der Waals surface area contributed by atoms with E-state index in [-0.39, 0.29) is 12.0 Å². The van der Waals surface area contributed by atoms with Gasteiger partial charge < -0.3 is 10.1 Å². The zero-order valence-electron chi connectivity index (χ0n) is 10.9. The minimum atomic E-state index is -0.304. The lowest BCUT2D eigenvalue weighted by molar-refractivity contribution is -0.136. The molecule has 1 atom stereocenters. The molecule has 1 rings (SSSR count). The van der Waals surface area contributed by atoms with Crippen molar-refractivity contribution in [2.45, 2.75) is 19.9 Å². The molecule has 4 heteroatoms. The van der Waals surface area contributed by atoms with Crippen LogP contribution in [0.1, 0.15) is 25.5 Å². The molecule has 1 N–H and O–H groups in total. The molecule has 0 aliphatic carbocycles. The molecule has 1 aromatic carbocycles. The number of methoxy groups -OCH3 is 1. The van der Waals surface area contributed by atoms with Crippen molar-refractivity contribution in [3.05, 3.63) is 46.5 Å². The molecule has 98 valence electrons. The Balaban J connectivity index is 2.55. The molecule has 0 unspecified atom stereocenters. The van der Waals surface area contributed by atoms with E-state index in [1.165, 1.54) is 7.11 Å². The molecule has 0 aliphatic rings. The fourth-order valence-corrected chi connectivity index (χ4v) is 1.87. The first-order chi connectivity index (χ1) is 8.56. The Labute approximate surface area is 113 Å². The van der Waals surface area contributed by atoms with Gasteiger partial charge in [0.1, 0.15) is 0 Å². The van der Waals surface area contributed by atoms with Gasteiger partial charge in [0.2, 0.25) is 0 Å². The maximum absolute atomic E-state index is 11.2. The Hall–Kier alpha value is -1.32. The van der Waals surface area contributed by atoms with E-state index in [2.05, 4.69) is 10.1 Å². The number of nitrogens with one attached hydrogen (secondary N) is 1. The van der Waals surface area contributed by atoms with Gasteiger partial charge in [0.05, 0.1) is 7.11 Å². The van der Waals surface area contributed by atoms with Crippen LogP contribution in [0, 0.1) is 0 Å². The van der Waals surface area contributed by atoms with Gasteiger partial charge in [0.15, 0.2) is 0 Å². The number of ether oxygens (including phenoxy) is 1. The average molecular weight is 268 g/mol. The molecule has 3 nitrogen and oxygen atoms in total. The second-order valence-corrected chi connectivity index (χ2v) is 4.44. The summed E-state index contributed by atoms with van der Waals surface area (Å²) in [7, 11) is 1.37. The Bertz CT molecular complexity index is 443. The van der Waals surface area contributed by atoms with Crippen LogP contribution in [0.5, 0.6) is 0 Å². The Morgan fingerprint density at radius 2 is 2.17 bits per heavy atom. The van der Waals surface area contributed by atoms with Crippen molar-refractivity contribution in [3.8, 4) is 0 Å². The number of carbonyl (C=O) groups is 1. The van der Waals surface area contributed by atoms with Gasteiger partial charge in [-0.15, -0.1) is 0 Å². The van der Waals surface area contributed by atoms with E-state index < -0.39 is 0 Å². The SMILES string of the molecule is COC(=O)/C(C)=C/CN[C@@H](C)c1ccccc1Cl. The minimum Gasteiger partial charge on any atom is -0.466 e. The van der Waals surface area contributed by atoms with Gasteiger partial charge in [-0.1, -0.05) is 35.9 Å². The quantitative estimate of drug-likeness (QED) is 0.658. The molecule has 0 heterocycles. The predicted octanol–water partition coefficient (Wildman–Crippen LogP) is 3.11. The first kappa shape index (κ1) is 14.7. The van der Waals surface area contributed by atoms with Gasteiger partial charge in [-0.2, -0.15) is 0 Å². The van der Waals surface area contributed by atoms with E-state index in [9.17, 15) is 4.79 Å². The summed E-state index contributed by atoms with van der Waals surface area (Å²) in [5.74, 6) is -0.304. The van der Waals surface area contributed by atoms with Crippen LogP contribution in [0.15, 0.2) is 35.9 Å². The summed E-state index contributed by atoms with van der Waals surface area (Å²) in [4.78, 5) is 11.2. The first-order valence-electron chi connectivity index (χ1n) is 5.79. The highest BCUT2D eigenvalue weighted by atomic mass is 35.5. The first-order valence-corrected chi connectivity index (χ1v) is 6.17. The van der Waals surface area contributed by atoms with Crippen LogP contribution in [-0.4, -0.2) is 19.6 Å². The smallest absolute Gasteiger partial charge is 0.333 e. The zero-order chi connectivity index (χ0) is 13.5. The van der Waals surface area contributed by atoms with E-state index in [1.54, 1.807) is 13.0 Å². The topological polar surface area (TPSA) is 38.3 Å². The van der Waals surface area contributed by atoms with E-state index in [0.29, 0.717) is 12.1 Å². The Kier molecular flexibility index (Phi) is 5.89. The molecule has 0 bridgehead atoms. The van der Waals surface area contributed by atoms with Crippen LogP contribution in [0.2, 0.25) is 5.02 Å². The van der Waals surface area contributed by atoms with Gasteiger partial charge in [-0.3, -0.25) is 0 Å². The van der Waals surface area contributed by atoms with Crippen LogP contribution in [0.25, 0.3) is 0 Å². The molecule has 0 fully saturated rings. The molecular formula is C14H18ClNO2. The fourth-order valence-electron chi connectivity index (χ4n) is 1.57. The standard InChI is InChI=1S/C14H18ClNO2/c1-10(14(17)18-3)8-9-16-11(2)12-6-4-5-7-13(12)15/h4-8,11,16H,9H2,1-3H3/b10-8+/t11-/m0/s1. The molecule has 18 heavy (non-hydrogen) atoms. The molecule has 0 spiro atoms. The van der Waals surface area contributed by atoms with Gasteiger partial charge >= 0.3 is 5.97 Å². The Morgan fingerprint density at radius 1 is 1.50 bits per heavy atom. The van der Waals surface area contributed by atoms with E-state index in [0.717, 1.165) is 10.6 Å². The van der Waals surface area contributed by atoms with Crippen LogP contribution in [-0.2, 0) is 9.53 Å². The monoisotopic (exact) mass is 267 g/mol. The normalized spacial score (nSPS) is 13.2. The average Bonchev–Trinajstić information content (AvgIpc) is 2.37. The highest BCUT2D eigenvalue weighted by Crippen LogP contribution is 2.21. The summed E-state index contributed by atoms with van der Waals surface area (Å²) in [6.07, 6.45) is 1.80. The lowest BCUT2D eigenvalue weighted by Crippen LogP contribution is -2.19. The lowest BCUT2D eigenvalue weighted by atomic mass is 10.1. The van der Waals surface area contributed by atoms with E-state index in [1.807, 2.05) is 31.2 Å². The highest BCUT2D eigenvalue weighted by molar-refractivity contribution is 6.31. The number of benzene rings is 1. The second-order valence-electron chi connectivity index (χ2n) is 4.03. The van der Waals surface area contributed by atoms with Crippen LogP contribution in [0.3, 0.4) is 0 Å². The van der Waals surface area contributed by atoms with E-state index >= 15 is 0 Å². The number of rotatable bonds is 5. The zero-order valence-corrected chi connectivity index (χ0v) is 11.6. The molecule has 0 saturated heterocycles. The highest BCUT2D eigenvalue weighted by Gasteiger charge is 2.08. The summed E-state index contributed by atoms with van der Waals surface area (Å²) in [6.45, 7) is 4.35. The molecule has 0 aromatic heterocycles. The summed E-state index contributed by atoms with van der Waals surface area (Å²) in [5, 5.41) is 4.02. The van der Waals surface area contributed by atoms with Crippen molar-refractivity contribution in [3.63, 3.8) is 0 Å². The Morgan fingerprint density at radius 3 is 2.78 bits per heavy atom. The van der Waals surface area contributed by atoms with Crippen molar-refractivity contribution in [1.82, 2.24) is 5.32 Å². The van der Waals surface area contributed by atoms with Gasteiger partial charge in [0, 0.05) is 23.2 Å². The summed E-state index contributed by atoms with van der Waals surface area (Å²) in [5.41, 5.74) is 1.64. The lowest BCUT2D eigenvalue weighted by Gasteiger charge is -2.14. The minimum absolute atomic E-state index is 0.125. The maximum Gasteiger partial charge on any atom is 0.333 e. The fraction of sp³-hybridized carbons (Fsp3) is 0.357. The number of halogens is 1. The second kappa shape index (κ2) is 7.19. The molecule has 1 aromatic rings. The largest absolute Gasteiger partial charge is 0.466 e. The van der Waals surface area contributed by atoms with Crippen LogP contribution < -0.4 is 5.32 Å². The molecular weight excluding hydrogens is 250 g/mol. The number of esters is 1. The predicted molar refractivity (Wildman–Crippen MR) is 73.6 cm³/mol. The third-order valence-corrected chi connectivity index (χ3v) is 3.06. The number of hydrogen-bond acceptors (Lipinski definition) is 3. The van der Waals surface area contributed by atoms with Crippen molar-refractivity contribution in [2.24, 2.45) is 0 Å². The number of hydrogen-bond donors (Lipinski definition) is 1. The number of carbonyl (C=O) groups excluding carboxylic acids is 1. The van der Waals surface area contributed by atoms with Gasteiger partial charge in [0.25, 0.3) is 0 Å². The summed E-state index contributed by atoms with van der Waals surface area (Å²) in [6, 6.07) is 7.83. The van der Waals surface area contributed by atoms with Crippen molar-refractivity contribution >= 4 is 17.6 Å². The third-order valence-electron chi connectivity index (χ3n) is 2.71. The van der Waals surface area contributed by atoms with Crippen LogP contribution >= 0.6 is 11.6 Å². The molecule has 0 aliphatic heterocycles. The summed E-state index contributed by atoms with van der Waals surface area (Å²) < 4.78 is 4.62. The van der Waals surface area contributed by atoms with Crippen LogP contribution in [0.4, 0.5) is 0 Å². The molecule has 0 amide bonds. The third kappa shape index (κ3) is 4.17. The van der Waals surface area contributed by atoms with Gasteiger partial charge in [-0.05, 0) is 25.5 Å².